The van der Waals surface area contributed by atoms with Crippen LogP contribution >= 0.6 is 0 Å². The summed E-state index contributed by atoms with van der Waals surface area (Å²) in [5.74, 6) is -0.170. The zero-order chi connectivity index (χ0) is 19.8. The first-order valence-electron chi connectivity index (χ1n) is 10.2. The molecule has 3 aromatic rings. The van der Waals surface area contributed by atoms with Gasteiger partial charge in [0.2, 0.25) is 11.7 Å². The molecule has 1 aromatic carbocycles. The van der Waals surface area contributed by atoms with Gasteiger partial charge in [-0.05, 0) is 49.5 Å². The third kappa shape index (κ3) is 3.19. The lowest BCUT2D eigenvalue weighted by atomic mass is 9.87. The molecule has 0 spiro atoms. The zero-order valence-corrected chi connectivity index (χ0v) is 16.1. The fourth-order valence-corrected chi connectivity index (χ4v) is 4.37. The Morgan fingerprint density at radius 3 is 2.55 bits per heavy atom. The highest BCUT2D eigenvalue weighted by Gasteiger charge is 2.29. The van der Waals surface area contributed by atoms with Crippen molar-refractivity contribution in [3.63, 3.8) is 0 Å². The number of fused-ring (bicyclic) bond motifs is 2. The van der Waals surface area contributed by atoms with Crippen molar-refractivity contribution in [1.29, 1.82) is 0 Å². The lowest BCUT2D eigenvalue weighted by Crippen LogP contribution is -2.32. The van der Waals surface area contributed by atoms with E-state index in [-0.39, 0.29) is 11.7 Å². The van der Waals surface area contributed by atoms with Crippen LogP contribution in [0, 0.1) is 0 Å². The second-order valence-corrected chi connectivity index (χ2v) is 7.67. The van der Waals surface area contributed by atoms with E-state index in [0.717, 1.165) is 30.4 Å². The number of hydrogen-bond donors (Lipinski definition) is 1. The molecule has 1 saturated heterocycles. The van der Waals surface area contributed by atoms with Crippen molar-refractivity contribution in [1.82, 2.24) is 14.9 Å². The van der Waals surface area contributed by atoms with Gasteiger partial charge in [-0.1, -0.05) is 18.6 Å². The van der Waals surface area contributed by atoms with E-state index >= 15 is 0 Å². The van der Waals surface area contributed by atoms with Gasteiger partial charge >= 0.3 is 0 Å². The highest BCUT2D eigenvalue weighted by Crippen LogP contribution is 2.40. The molecule has 1 N–H and O–H groups in total. The number of aromatic nitrogens is 2. The number of rotatable bonds is 4. The van der Waals surface area contributed by atoms with Crippen LogP contribution in [-0.2, 0) is 4.79 Å². The number of anilines is 1. The molecule has 0 bridgehead atoms. The maximum atomic E-state index is 13.1. The Balaban J connectivity index is 1.47. The number of carbonyl (C=O) groups is 2. The Kier molecular flexibility index (Phi) is 4.56. The predicted molar refractivity (Wildman–Crippen MR) is 112 cm³/mol. The van der Waals surface area contributed by atoms with Gasteiger partial charge in [-0.2, -0.15) is 0 Å². The summed E-state index contributed by atoms with van der Waals surface area (Å²) in [6, 6.07) is 9.17. The van der Waals surface area contributed by atoms with Crippen molar-refractivity contribution in [2.45, 2.75) is 25.7 Å². The van der Waals surface area contributed by atoms with E-state index in [1.165, 1.54) is 19.3 Å². The summed E-state index contributed by atoms with van der Waals surface area (Å²) in [5.41, 5.74) is 2.98. The van der Waals surface area contributed by atoms with Crippen molar-refractivity contribution in [2.75, 3.05) is 25.0 Å². The molecule has 2 aliphatic rings. The summed E-state index contributed by atoms with van der Waals surface area (Å²) in [5, 5.41) is 4.70. The molecule has 3 heterocycles. The monoisotopic (exact) mass is 386 g/mol. The van der Waals surface area contributed by atoms with Gasteiger partial charge in [-0.25, -0.2) is 0 Å². The number of nitrogens with zero attached hydrogens (tertiary/aromatic N) is 3. The number of amides is 1. The smallest absolute Gasteiger partial charge is 0.225 e. The first-order chi connectivity index (χ1) is 14.2. The molecule has 6 heteroatoms. The van der Waals surface area contributed by atoms with Crippen molar-refractivity contribution in [3.05, 3.63) is 54.0 Å². The number of piperidine rings is 1. The van der Waals surface area contributed by atoms with E-state index in [9.17, 15) is 9.59 Å². The van der Waals surface area contributed by atoms with Gasteiger partial charge in [0.1, 0.15) is 5.69 Å². The minimum Gasteiger partial charge on any atom is -0.325 e. The topological polar surface area (TPSA) is 75.2 Å². The van der Waals surface area contributed by atoms with Gasteiger partial charge in [0.25, 0.3) is 0 Å². The van der Waals surface area contributed by atoms with E-state index in [1.807, 2.05) is 18.2 Å². The first-order valence-corrected chi connectivity index (χ1v) is 10.2. The summed E-state index contributed by atoms with van der Waals surface area (Å²) in [6.45, 7) is 2.90. The largest absolute Gasteiger partial charge is 0.325 e. The van der Waals surface area contributed by atoms with Gasteiger partial charge in [-0.3, -0.25) is 19.6 Å². The molecule has 0 unspecified atom stereocenters. The summed E-state index contributed by atoms with van der Waals surface area (Å²) in [4.78, 5) is 36.9. The van der Waals surface area contributed by atoms with E-state index in [1.54, 1.807) is 24.5 Å². The second-order valence-electron chi connectivity index (χ2n) is 7.67. The molecular weight excluding hydrogens is 364 g/mol. The summed E-state index contributed by atoms with van der Waals surface area (Å²) < 4.78 is 0. The molecule has 2 aromatic heterocycles. The minimum atomic E-state index is -0.129. The quantitative estimate of drug-likeness (QED) is 0.579. The van der Waals surface area contributed by atoms with Gasteiger partial charge in [0.15, 0.2) is 0 Å². The summed E-state index contributed by atoms with van der Waals surface area (Å²) >= 11 is 0. The van der Waals surface area contributed by atoms with Gasteiger partial charge in [-0.15, -0.1) is 0 Å². The highest BCUT2D eigenvalue weighted by atomic mass is 16.1. The average molecular weight is 386 g/mol. The first kappa shape index (κ1) is 17.9. The second kappa shape index (κ2) is 7.37. The molecular formula is C23H22N4O2. The zero-order valence-electron chi connectivity index (χ0n) is 16.1. The van der Waals surface area contributed by atoms with Crippen LogP contribution in [0.1, 0.15) is 41.7 Å². The minimum absolute atomic E-state index is 0.0411. The number of ketones is 1. The lowest BCUT2D eigenvalue weighted by molar-refractivity contribution is -0.116. The van der Waals surface area contributed by atoms with Gasteiger partial charge in [0.05, 0.1) is 11.4 Å². The molecule has 0 atom stereocenters. The van der Waals surface area contributed by atoms with Crippen LogP contribution < -0.4 is 5.32 Å². The third-order valence-corrected chi connectivity index (χ3v) is 5.82. The lowest BCUT2D eigenvalue weighted by Gasteiger charge is -2.26. The van der Waals surface area contributed by atoms with Crippen molar-refractivity contribution < 1.29 is 9.59 Å². The fourth-order valence-electron chi connectivity index (χ4n) is 4.37. The number of benzene rings is 1. The Labute approximate surface area is 169 Å². The normalized spacial score (nSPS) is 15.9. The van der Waals surface area contributed by atoms with E-state index in [4.69, 9.17) is 0 Å². The molecule has 0 saturated carbocycles. The van der Waals surface area contributed by atoms with Crippen LogP contribution in [-0.4, -0.2) is 46.2 Å². The molecule has 6 nitrogen and oxygen atoms in total. The SMILES string of the molecule is O=C(CCN1CCCCC1)Nc1cccc2c1-c1nccc3ccnc(c13)C2=O. The predicted octanol–water partition coefficient (Wildman–Crippen LogP) is 3.66. The van der Waals surface area contributed by atoms with Crippen LogP contribution in [0.4, 0.5) is 5.69 Å². The van der Waals surface area contributed by atoms with Crippen LogP contribution in [0.25, 0.3) is 22.0 Å². The number of nitrogens with one attached hydrogen (secondary N) is 1. The van der Waals surface area contributed by atoms with Crippen molar-refractivity contribution in [3.8, 4) is 11.3 Å². The van der Waals surface area contributed by atoms with Crippen LogP contribution in [0.2, 0.25) is 0 Å². The molecule has 1 aliphatic heterocycles. The number of hydrogen-bond acceptors (Lipinski definition) is 5. The Morgan fingerprint density at radius 1 is 1.00 bits per heavy atom. The van der Waals surface area contributed by atoms with E-state index in [0.29, 0.717) is 34.6 Å². The Bertz CT molecular complexity index is 1110. The molecule has 0 radical (unpaired) electrons. The van der Waals surface area contributed by atoms with Crippen LogP contribution in [0.3, 0.4) is 0 Å². The Morgan fingerprint density at radius 2 is 1.76 bits per heavy atom. The number of pyridine rings is 2. The molecule has 146 valence electrons. The average Bonchev–Trinajstić information content (AvgIpc) is 2.76. The molecule has 29 heavy (non-hydrogen) atoms. The van der Waals surface area contributed by atoms with Gasteiger partial charge in [0, 0.05) is 41.9 Å². The van der Waals surface area contributed by atoms with E-state index in [2.05, 4.69) is 20.2 Å². The van der Waals surface area contributed by atoms with Crippen molar-refractivity contribution >= 4 is 28.2 Å². The maximum Gasteiger partial charge on any atom is 0.225 e. The standard InChI is InChI=1S/C23H22N4O2/c28-18(9-14-27-12-2-1-3-13-27)26-17-6-4-5-16-20(17)21-19-15(7-10-24-21)8-11-25-22(19)23(16)29/h4-8,10-11H,1-3,9,12-14H2,(H,26,28). The van der Waals surface area contributed by atoms with Gasteiger partial charge < -0.3 is 10.2 Å². The van der Waals surface area contributed by atoms with Crippen LogP contribution in [0.5, 0.6) is 0 Å². The molecule has 1 aliphatic carbocycles. The van der Waals surface area contributed by atoms with Crippen LogP contribution in [0.15, 0.2) is 42.7 Å². The number of likely N-dealkylation sites (tertiary alicyclic amines) is 1. The number of carbonyl (C=O) groups excluding carboxylic acids is 2. The molecule has 1 fully saturated rings. The fraction of sp³-hybridized carbons (Fsp3) is 0.304. The van der Waals surface area contributed by atoms with E-state index < -0.39 is 0 Å². The molecule has 5 rings (SSSR count). The summed E-state index contributed by atoms with van der Waals surface area (Å²) in [7, 11) is 0. The molecule has 1 amide bonds. The Hall–Kier alpha value is -3.12. The van der Waals surface area contributed by atoms with Crippen molar-refractivity contribution in [2.24, 2.45) is 0 Å². The summed E-state index contributed by atoms with van der Waals surface area (Å²) in [6.07, 6.45) is 7.51. The maximum absolute atomic E-state index is 13.1. The highest BCUT2D eigenvalue weighted by molar-refractivity contribution is 6.25. The third-order valence-electron chi connectivity index (χ3n) is 5.82.